The summed E-state index contributed by atoms with van der Waals surface area (Å²) in [5.74, 6) is 1.54. The zero-order valence-corrected chi connectivity index (χ0v) is 15.5. The highest BCUT2D eigenvalue weighted by atomic mass is 79.9. The molecule has 1 aromatic carbocycles. The molecule has 3 heteroatoms. The van der Waals surface area contributed by atoms with Crippen molar-refractivity contribution in [2.45, 2.75) is 51.3 Å². The monoisotopic (exact) mass is 376 g/mol. The molecule has 1 aliphatic carbocycles. The average molecular weight is 378 g/mol. The van der Waals surface area contributed by atoms with Crippen LogP contribution in [-0.4, -0.2) is 4.83 Å². The molecule has 0 radical (unpaired) electrons. The second-order valence-corrected chi connectivity index (χ2v) is 8.96. The van der Waals surface area contributed by atoms with E-state index in [0.29, 0.717) is 15.8 Å². The Balaban J connectivity index is 2.14. The Kier molecular flexibility index (Phi) is 5.48. The van der Waals surface area contributed by atoms with Crippen molar-refractivity contribution in [1.29, 1.82) is 0 Å². The standard InChI is InChI=1S/C17H23BrCl2/c1-11-4-7-14(15(18)8-11)17(2,3)10-12-5-6-13(19)9-16(12)20/h5-6,9,11,14-15H,4,7-8,10H2,1-3H3. The van der Waals surface area contributed by atoms with Crippen molar-refractivity contribution in [3.05, 3.63) is 33.8 Å². The molecule has 112 valence electrons. The lowest BCUT2D eigenvalue weighted by Crippen LogP contribution is -2.37. The van der Waals surface area contributed by atoms with Gasteiger partial charge in [0, 0.05) is 14.9 Å². The topological polar surface area (TPSA) is 0 Å². The first-order valence-corrected chi connectivity index (χ1v) is 9.05. The molecular weight excluding hydrogens is 355 g/mol. The van der Waals surface area contributed by atoms with Gasteiger partial charge >= 0.3 is 0 Å². The van der Waals surface area contributed by atoms with Gasteiger partial charge in [0.25, 0.3) is 0 Å². The fourth-order valence-corrected chi connectivity index (χ4v) is 5.57. The maximum Gasteiger partial charge on any atom is 0.0453 e. The summed E-state index contributed by atoms with van der Waals surface area (Å²) in [4.78, 5) is 0.618. The van der Waals surface area contributed by atoms with Crippen LogP contribution in [0.3, 0.4) is 0 Å². The highest BCUT2D eigenvalue weighted by Crippen LogP contribution is 2.45. The van der Waals surface area contributed by atoms with Crippen LogP contribution in [0.1, 0.15) is 45.6 Å². The Hall–Kier alpha value is 0.280. The van der Waals surface area contributed by atoms with Gasteiger partial charge in [-0.15, -0.1) is 0 Å². The van der Waals surface area contributed by atoms with E-state index in [0.717, 1.165) is 17.4 Å². The van der Waals surface area contributed by atoms with Crippen LogP contribution >= 0.6 is 39.1 Å². The van der Waals surface area contributed by atoms with Gasteiger partial charge < -0.3 is 0 Å². The molecule has 0 nitrogen and oxygen atoms in total. The molecule has 0 amide bonds. The number of hydrogen-bond acceptors (Lipinski definition) is 0. The van der Waals surface area contributed by atoms with E-state index in [1.165, 1.54) is 24.8 Å². The van der Waals surface area contributed by atoms with Crippen LogP contribution in [-0.2, 0) is 6.42 Å². The predicted molar refractivity (Wildman–Crippen MR) is 93.2 cm³/mol. The van der Waals surface area contributed by atoms with Gasteiger partial charge in [0.15, 0.2) is 0 Å². The molecule has 0 aliphatic heterocycles. The second kappa shape index (κ2) is 6.58. The van der Waals surface area contributed by atoms with E-state index in [9.17, 15) is 0 Å². The first-order valence-electron chi connectivity index (χ1n) is 7.37. The van der Waals surface area contributed by atoms with Crippen molar-refractivity contribution >= 4 is 39.1 Å². The predicted octanol–water partition coefficient (Wildman–Crippen LogP) is 6.76. The van der Waals surface area contributed by atoms with Crippen LogP contribution in [0, 0.1) is 17.3 Å². The molecule has 2 rings (SSSR count). The number of benzene rings is 1. The zero-order chi connectivity index (χ0) is 14.9. The number of rotatable bonds is 3. The van der Waals surface area contributed by atoms with Crippen LogP contribution in [0.5, 0.6) is 0 Å². The lowest BCUT2D eigenvalue weighted by molar-refractivity contribution is 0.147. The summed E-state index contributed by atoms with van der Waals surface area (Å²) in [5.41, 5.74) is 1.45. The Morgan fingerprint density at radius 1 is 1.25 bits per heavy atom. The first-order chi connectivity index (χ1) is 9.29. The van der Waals surface area contributed by atoms with Gasteiger partial charge in [-0.1, -0.05) is 72.4 Å². The third-order valence-electron chi connectivity index (χ3n) is 4.70. The van der Waals surface area contributed by atoms with E-state index in [4.69, 9.17) is 23.2 Å². The van der Waals surface area contributed by atoms with Crippen molar-refractivity contribution in [2.75, 3.05) is 0 Å². The summed E-state index contributed by atoms with van der Waals surface area (Å²) >= 11 is 16.2. The van der Waals surface area contributed by atoms with Gasteiger partial charge in [0.05, 0.1) is 0 Å². The summed E-state index contributed by atoms with van der Waals surface area (Å²) in [6.45, 7) is 7.09. The Bertz CT molecular complexity index is 470. The van der Waals surface area contributed by atoms with Crippen molar-refractivity contribution in [2.24, 2.45) is 17.3 Å². The first kappa shape index (κ1) is 16.6. The largest absolute Gasteiger partial charge is 0.0887 e. The van der Waals surface area contributed by atoms with Crippen LogP contribution in [0.25, 0.3) is 0 Å². The van der Waals surface area contributed by atoms with Crippen molar-refractivity contribution in [3.8, 4) is 0 Å². The summed E-state index contributed by atoms with van der Waals surface area (Å²) in [5, 5.41) is 1.50. The van der Waals surface area contributed by atoms with Gasteiger partial charge in [-0.3, -0.25) is 0 Å². The third-order valence-corrected chi connectivity index (χ3v) is 6.30. The molecule has 0 N–H and O–H groups in total. The van der Waals surface area contributed by atoms with E-state index in [2.05, 4.69) is 42.8 Å². The van der Waals surface area contributed by atoms with Gasteiger partial charge in [0.2, 0.25) is 0 Å². The Labute approximate surface area is 141 Å². The summed E-state index contributed by atoms with van der Waals surface area (Å²) in [6.07, 6.45) is 4.92. The van der Waals surface area contributed by atoms with E-state index < -0.39 is 0 Å². The molecule has 0 heterocycles. The highest BCUT2D eigenvalue weighted by molar-refractivity contribution is 9.09. The number of hydrogen-bond donors (Lipinski definition) is 0. The van der Waals surface area contributed by atoms with Gasteiger partial charge in [-0.2, -0.15) is 0 Å². The quantitative estimate of drug-likeness (QED) is 0.510. The molecule has 1 saturated carbocycles. The van der Waals surface area contributed by atoms with Crippen molar-refractivity contribution in [1.82, 2.24) is 0 Å². The summed E-state index contributed by atoms with van der Waals surface area (Å²) in [7, 11) is 0. The molecule has 1 fully saturated rings. The van der Waals surface area contributed by atoms with Crippen molar-refractivity contribution < 1.29 is 0 Å². The van der Waals surface area contributed by atoms with Crippen LogP contribution in [0.2, 0.25) is 10.0 Å². The molecule has 1 aliphatic rings. The molecule has 0 aromatic heterocycles. The van der Waals surface area contributed by atoms with E-state index >= 15 is 0 Å². The Morgan fingerprint density at radius 2 is 1.95 bits per heavy atom. The van der Waals surface area contributed by atoms with E-state index in [1.807, 2.05) is 12.1 Å². The second-order valence-electron chi connectivity index (χ2n) is 6.94. The minimum absolute atomic E-state index is 0.242. The van der Waals surface area contributed by atoms with Crippen LogP contribution < -0.4 is 0 Å². The smallest absolute Gasteiger partial charge is 0.0453 e. The van der Waals surface area contributed by atoms with Gasteiger partial charge in [-0.25, -0.2) is 0 Å². The van der Waals surface area contributed by atoms with Crippen molar-refractivity contribution in [3.63, 3.8) is 0 Å². The van der Waals surface area contributed by atoms with Crippen LogP contribution in [0.15, 0.2) is 18.2 Å². The van der Waals surface area contributed by atoms with E-state index in [-0.39, 0.29) is 5.41 Å². The highest BCUT2D eigenvalue weighted by Gasteiger charge is 2.38. The molecular formula is C17H23BrCl2. The van der Waals surface area contributed by atoms with Crippen LogP contribution in [0.4, 0.5) is 0 Å². The summed E-state index contributed by atoms with van der Waals surface area (Å²) in [6, 6.07) is 5.86. The maximum absolute atomic E-state index is 6.34. The average Bonchev–Trinajstić information content (AvgIpc) is 2.32. The lowest BCUT2D eigenvalue weighted by atomic mass is 9.66. The molecule has 1 aromatic rings. The third kappa shape index (κ3) is 3.93. The summed E-state index contributed by atoms with van der Waals surface area (Å²) < 4.78 is 0. The molecule has 3 atom stereocenters. The maximum atomic E-state index is 6.34. The normalized spacial score (nSPS) is 27.6. The molecule has 0 saturated heterocycles. The number of alkyl halides is 1. The lowest BCUT2D eigenvalue weighted by Gasteiger charge is -2.42. The van der Waals surface area contributed by atoms with E-state index in [1.54, 1.807) is 0 Å². The van der Waals surface area contributed by atoms with Gasteiger partial charge in [0.1, 0.15) is 0 Å². The van der Waals surface area contributed by atoms with Gasteiger partial charge in [-0.05, 0) is 54.2 Å². The zero-order valence-electron chi connectivity index (χ0n) is 12.4. The SMILES string of the molecule is CC1CCC(C(C)(C)Cc2ccc(Cl)cc2Cl)C(Br)C1. The fraction of sp³-hybridized carbons (Fsp3) is 0.647. The molecule has 0 spiro atoms. The minimum Gasteiger partial charge on any atom is -0.0887 e. The fourth-order valence-electron chi connectivity index (χ4n) is 3.48. The molecule has 0 bridgehead atoms. The molecule has 3 unspecified atom stereocenters. The number of halogens is 3. The minimum atomic E-state index is 0.242. The molecule has 20 heavy (non-hydrogen) atoms. The Morgan fingerprint density at radius 3 is 2.55 bits per heavy atom.